The third kappa shape index (κ3) is 1.79. The predicted molar refractivity (Wildman–Crippen MR) is 57.4 cm³/mol. The second kappa shape index (κ2) is 3.82. The first-order valence-electron chi connectivity index (χ1n) is 5.19. The van der Waals surface area contributed by atoms with Gasteiger partial charge in [0.15, 0.2) is 5.78 Å². The van der Waals surface area contributed by atoms with E-state index in [9.17, 15) is 4.79 Å². The largest absolute Gasteiger partial charge is 0.399 e. The summed E-state index contributed by atoms with van der Waals surface area (Å²) in [5.41, 5.74) is 8.49. The predicted octanol–water partition coefficient (Wildman–Crippen LogP) is 2.57. The molecule has 0 aromatic heterocycles. The molecule has 2 nitrogen and oxygen atoms in total. The molecule has 2 heteroatoms. The Balaban J connectivity index is 2.41. The van der Waals surface area contributed by atoms with Gasteiger partial charge >= 0.3 is 0 Å². The van der Waals surface area contributed by atoms with Crippen LogP contribution < -0.4 is 5.73 Å². The number of ketones is 1. The van der Waals surface area contributed by atoms with Crippen LogP contribution in [0.3, 0.4) is 0 Å². The Kier molecular flexibility index (Phi) is 2.53. The van der Waals surface area contributed by atoms with Gasteiger partial charge in [-0.1, -0.05) is 6.42 Å². The Labute approximate surface area is 84.1 Å². The standard InChI is InChI=1S/C12H15NO/c13-10-6-7-11-9(8-10)4-2-1-3-5-12(11)14/h6-8H,1-5,13H2. The Morgan fingerprint density at radius 1 is 1.07 bits per heavy atom. The zero-order chi connectivity index (χ0) is 9.97. The summed E-state index contributed by atoms with van der Waals surface area (Å²) >= 11 is 0. The molecule has 0 atom stereocenters. The molecular formula is C12H15NO. The van der Waals surface area contributed by atoms with E-state index in [0.29, 0.717) is 6.42 Å². The first-order valence-corrected chi connectivity index (χ1v) is 5.19. The van der Waals surface area contributed by atoms with Crippen LogP contribution in [0.1, 0.15) is 41.6 Å². The van der Waals surface area contributed by atoms with Crippen molar-refractivity contribution < 1.29 is 4.79 Å². The normalized spacial score (nSPS) is 17.0. The van der Waals surface area contributed by atoms with Crippen molar-refractivity contribution in [2.45, 2.75) is 32.1 Å². The van der Waals surface area contributed by atoms with Gasteiger partial charge in [-0.25, -0.2) is 0 Å². The fraction of sp³-hybridized carbons (Fsp3) is 0.417. The van der Waals surface area contributed by atoms with Gasteiger partial charge in [0.25, 0.3) is 0 Å². The first-order chi connectivity index (χ1) is 6.77. The number of benzene rings is 1. The number of Topliss-reactive ketones (excluding diaryl/α,β-unsaturated/α-hetero) is 1. The van der Waals surface area contributed by atoms with Crippen LogP contribution in [0.15, 0.2) is 18.2 Å². The summed E-state index contributed by atoms with van der Waals surface area (Å²) in [4.78, 5) is 11.7. The van der Waals surface area contributed by atoms with E-state index < -0.39 is 0 Å². The summed E-state index contributed by atoms with van der Waals surface area (Å²) in [6.07, 6.45) is 5.04. The van der Waals surface area contributed by atoms with E-state index >= 15 is 0 Å². The van der Waals surface area contributed by atoms with E-state index in [1.54, 1.807) is 0 Å². The summed E-state index contributed by atoms with van der Waals surface area (Å²) in [6.45, 7) is 0. The fourth-order valence-corrected chi connectivity index (χ4v) is 2.00. The monoisotopic (exact) mass is 189 g/mol. The van der Waals surface area contributed by atoms with Crippen molar-refractivity contribution in [3.05, 3.63) is 29.3 Å². The van der Waals surface area contributed by atoms with Crippen LogP contribution in [0.5, 0.6) is 0 Å². The Morgan fingerprint density at radius 2 is 1.86 bits per heavy atom. The van der Waals surface area contributed by atoms with Crippen LogP contribution >= 0.6 is 0 Å². The third-order valence-corrected chi connectivity index (χ3v) is 2.78. The van der Waals surface area contributed by atoms with E-state index in [0.717, 1.165) is 36.1 Å². The van der Waals surface area contributed by atoms with E-state index in [1.165, 1.54) is 6.42 Å². The molecule has 0 saturated carbocycles. The molecule has 1 aromatic rings. The molecule has 2 rings (SSSR count). The highest BCUT2D eigenvalue weighted by Gasteiger charge is 2.13. The average molecular weight is 189 g/mol. The van der Waals surface area contributed by atoms with E-state index in [-0.39, 0.29) is 5.78 Å². The lowest BCUT2D eigenvalue weighted by Gasteiger charge is -2.12. The molecule has 0 aliphatic heterocycles. The van der Waals surface area contributed by atoms with Crippen LogP contribution in [-0.2, 0) is 6.42 Å². The molecule has 1 aliphatic rings. The number of anilines is 1. The van der Waals surface area contributed by atoms with Crippen LogP contribution in [-0.4, -0.2) is 5.78 Å². The molecule has 0 amide bonds. The molecule has 14 heavy (non-hydrogen) atoms. The van der Waals surface area contributed by atoms with Gasteiger partial charge in [-0.15, -0.1) is 0 Å². The van der Waals surface area contributed by atoms with Crippen LogP contribution in [0.2, 0.25) is 0 Å². The number of nitrogen functional groups attached to an aromatic ring is 1. The number of fused-ring (bicyclic) bond motifs is 1. The SMILES string of the molecule is Nc1ccc2c(c1)CCCCCC2=O. The van der Waals surface area contributed by atoms with Crippen molar-refractivity contribution in [1.29, 1.82) is 0 Å². The van der Waals surface area contributed by atoms with Gasteiger partial charge in [0.1, 0.15) is 0 Å². The summed E-state index contributed by atoms with van der Waals surface area (Å²) < 4.78 is 0. The van der Waals surface area contributed by atoms with Gasteiger partial charge in [-0.2, -0.15) is 0 Å². The quantitative estimate of drug-likeness (QED) is 0.637. The van der Waals surface area contributed by atoms with Crippen LogP contribution in [0, 0.1) is 0 Å². The molecule has 1 aliphatic carbocycles. The van der Waals surface area contributed by atoms with Gasteiger partial charge < -0.3 is 5.73 Å². The number of hydrogen-bond donors (Lipinski definition) is 1. The second-order valence-electron chi connectivity index (χ2n) is 3.90. The highest BCUT2D eigenvalue weighted by Crippen LogP contribution is 2.21. The highest BCUT2D eigenvalue weighted by atomic mass is 16.1. The lowest BCUT2D eigenvalue weighted by molar-refractivity contribution is 0.0976. The molecule has 74 valence electrons. The van der Waals surface area contributed by atoms with Crippen molar-refractivity contribution in [2.75, 3.05) is 5.73 Å². The van der Waals surface area contributed by atoms with Crippen LogP contribution in [0.25, 0.3) is 0 Å². The number of nitrogens with two attached hydrogens (primary N) is 1. The molecule has 1 aromatic carbocycles. The molecule has 0 fully saturated rings. The molecule has 0 bridgehead atoms. The fourth-order valence-electron chi connectivity index (χ4n) is 2.00. The average Bonchev–Trinajstić information content (AvgIpc) is 2.14. The zero-order valence-corrected chi connectivity index (χ0v) is 8.25. The second-order valence-corrected chi connectivity index (χ2v) is 3.90. The maximum atomic E-state index is 11.7. The summed E-state index contributed by atoms with van der Waals surface area (Å²) in [6, 6.07) is 5.63. The smallest absolute Gasteiger partial charge is 0.163 e. The van der Waals surface area contributed by atoms with E-state index in [1.807, 2.05) is 18.2 Å². The first kappa shape index (κ1) is 9.25. The van der Waals surface area contributed by atoms with Gasteiger partial charge in [0.2, 0.25) is 0 Å². The van der Waals surface area contributed by atoms with E-state index in [2.05, 4.69) is 0 Å². The van der Waals surface area contributed by atoms with Crippen molar-refractivity contribution in [3.8, 4) is 0 Å². The molecule has 0 radical (unpaired) electrons. The molecule has 0 spiro atoms. The lowest BCUT2D eigenvalue weighted by atomic mass is 9.92. The van der Waals surface area contributed by atoms with Gasteiger partial charge in [-0.05, 0) is 43.0 Å². The van der Waals surface area contributed by atoms with E-state index in [4.69, 9.17) is 5.73 Å². The van der Waals surface area contributed by atoms with Crippen molar-refractivity contribution in [2.24, 2.45) is 0 Å². The number of hydrogen-bond acceptors (Lipinski definition) is 2. The Morgan fingerprint density at radius 3 is 2.71 bits per heavy atom. The molecule has 2 N–H and O–H groups in total. The molecule has 0 saturated heterocycles. The van der Waals surface area contributed by atoms with Gasteiger partial charge in [0, 0.05) is 17.7 Å². The Bertz CT molecular complexity index is 357. The topological polar surface area (TPSA) is 43.1 Å². The molecule has 0 unspecified atom stereocenters. The summed E-state index contributed by atoms with van der Waals surface area (Å²) in [5, 5.41) is 0. The van der Waals surface area contributed by atoms with Gasteiger partial charge in [0.05, 0.1) is 0 Å². The van der Waals surface area contributed by atoms with Crippen molar-refractivity contribution >= 4 is 11.5 Å². The molecular weight excluding hydrogens is 174 g/mol. The van der Waals surface area contributed by atoms with Gasteiger partial charge in [-0.3, -0.25) is 4.79 Å². The maximum absolute atomic E-state index is 11.7. The lowest BCUT2D eigenvalue weighted by Crippen LogP contribution is -2.07. The maximum Gasteiger partial charge on any atom is 0.163 e. The minimum absolute atomic E-state index is 0.278. The highest BCUT2D eigenvalue weighted by molar-refractivity contribution is 5.97. The minimum Gasteiger partial charge on any atom is -0.399 e. The summed E-state index contributed by atoms with van der Waals surface area (Å²) in [7, 11) is 0. The number of rotatable bonds is 0. The van der Waals surface area contributed by atoms with Crippen molar-refractivity contribution in [3.63, 3.8) is 0 Å². The summed E-state index contributed by atoms with van der Waals surface area (Å²) in [5.74, 6) is 0.278. The third-order valence-electron chi connectivity index (χ3n) is 2.78. The molecule has 0 heterocycles. The van der Waals surface area contributed by atoms with Crippen molar-refractivity contribution in [1.82, 2.24) is 0 Å². The Hall–Kier alpha value is -1.31. The number of carbonyl (C=O) groups excluding carboxylic acids is 1. The minimum atomic E-state index is 0.278. The number of carbonyl (C=O) groups is 1. The zero-order valence-electron chi connectivity index (χ0n) is 8.25. The number of aryl methyl sites for hydroxylation is 1. The van der Waals surface area contributed by atoms with Crippen LogP contribution in [0.4, 0.5) is 5.69 Å².